The van der Waals surface area contributed by atoms with Crippen molar-refractivity contribution in [2.24, 2.45) is 0 Å². The van der Waals surface area contributed by atoms with Crippen LogP contribution in [0.15, 0.2) is 0 Å². The van der Waals surface area contributed by atoms with E-state index in [1.807, 2.05) is 0 Å². The molecular weight excluding hydrogens is 126 g/mol. The lowest BCUT2D eigenvalue weighted by atomic mass is 10.1. The van der Waals surface area contributed by atoms with Crippen LogP contribution in [0.4, 0.5) is 0 Å². The maximum Gasteiger partial charge on any atom is 0.0746 e. The molecule has 1 aliphatic rings. The molecule has 1 rings (SSSR count). The van der Waals surface area contributed by atoms with E-state index in [9.17, 15) is 0 Å². The first-order chi connectivity index (χ1) is 4.64. The highest BCUT2D eigenvalue weighted by molar-refractivity contribution is 4.84. The molecule has 0 bridgehead atoms. The van der Waals surface area contributed by atoms with Crippen LogP contribution < -0.4 is 5.32 Å². The molecule has 1 N–H and O–H groups in total. The van der Waals surface area contributed by atoms with E-state index in [4.69, 9.17) is 4.74 Å². The van der Waals surface area contributed by atoms with Crippen molar-refractivity contribution >= 4 is 0 Å². The molecule has 0 aromatic carbocycles. The fourth-order valence-electron chi connectivity index (χ4n) is 0.750. The summed E-state index contributed by atoms with van der Waals surface area (Å²) in [6, 6.07) is 0.787. The average molecular weight is 143 g/mol. The lowest BCUT2D eigenvalue weighted by Crippen LogP contribution is -2.37. The molecule has 0 saturated heterocycles. The number of hydrogen-bond acceptors (Lipinski definition) is 2. The molecule has 1 aliphatic carbocycles. The quantitative estimate of drug-likeness (QED) is 0.637. The second-order valence-electron chi connectivity index (χ2n) is 3.62. The highest BCUT2D eigenvalue weighted by atomic mass is 16.5. The van der Waals surface area contributed by atoms with E-state index < -0.39 is 0 Å². The van der Waals surface area contributed by atoms with Gasteiger partial charge >= 0.3 is 0 Å². The highest BCUT2D eigenvalue weighted by Gasteiger charge is 2.24. The van der Waals surface area contributed by atoms with Crippen LogP contribution in [0.5, 0.6) is 0 Å². The Kier molecular flexibility index (Phi) is 2.32. The zero-order chi connectivity index (χ0) is 7.61. The zero-order valence-corrected chi connectivity index (χ0v) is 7.11. The first-order valence-electron chi connectivity index (χ1n) is 3.92. The summed E-state index contributed by atoms with van der Waals surface area (Å²) < 4.78 is 5.25. The Morgan fingerprint density at radius 2 is 2.10 bits per heavy atom. The van der Waals surface area contributed by atoms with Gasteiger partial charge in [0.1, 0.15) is 0 Å². The van der Waals surface area contributed by atoms with E-state index in [1.165, 1.54) is 12.8 Å². The predicted molar refractivity (Wildman–Crippen MR) is 42.1 cm³/mol. The largest absolute Gasteiger partial charge is 0.377 e. The molecule has 2 heteroatoms. The van der Waals surface area contributed by atoms with Crippen LogP contribution in [0, 0.1) is 0 Å². The van der Waals surface area contributed by atoms with Gasteiger partial charge in [-0.15, -0.1) is 0 Å². The van der Waals surface area contributed by atoms with Crippen LogP contribution in [0.1, 0.15) is 26.7 Å². The average Bonchev–Trinajstić information content (AvgIpc) is 2.66. The van der Waals surface area contributed by atoms with Gasteiger partial charge in [0.05, 0.1) is 5.60 Å². The molecule has 10 heavy (non-hydrogen) atoms. The summed E-state index contributed by atoms with van der Waals surface area (Å²) in [6.45, 7) is 5.17. The Labute approximate surface area is 63.0 Å². The molecule has 0 aliphatic heterocycles. The molecule has 0 amide bonds. The van der Waals surface area contributed by atoms with Crippen LogP contribution in [0.2, 0.25) is 0 Å². The maximum atomic E-state index is 5.25. The van der Waals surface area contributed by atoms with Crippen LogP contribution in [-0.4, -0.2) is 25.3 Å². The van der Waals surface area contributed by atoms with Crippen molar-refractivity contribution in [3.63, 3.8) is 0 Å². The van der Waals surface area contributed by atoms with Gasteiger partial charge in [-0.05, 0) is 26.7 Å². The minimum absolute atomic E-state index is 0.00257. The van der Waals surface area contributed by atoms with Crippen molar-refractivity contribution < 1.29 is 4.74 Å². The first-order valence-corrected chi connectivity index (χ1v) is 3.92. The molecule has 0 heterocycles. The van der Waals surface area contributed by atoms with Crippen LogP contribution in [0.25, 0.3) is 0 Å². The Hall–Kier alpha value is -0.0800. The minimum atomic E-state index is 0.00257. The van der Waals surface area contributed by atoms with Crippen molar-refractivity contribution in [2.45, 2.75) is 38.3 Å². The second-order valence-corrected chi connectivity index (χ2v) is 3.62. The highest BCUT2D eigenvalue weighted by Crippen LogP contribution is 2.19. The molecule has 0 radical (unpaired) electrons. The van der Waals surface area contributed by atoms with Crippen molar-refractivity contribution in [3.8, 4) is 0 Å². The SMILES string of the molecule is COC(C)(C)CNC1CC1. The Balaban J connectivity index is 2.09. The van der Waals surface area contributed by atoms with Crippen molar-refractivity contribution in [2.75, 3.05) is 13.7 Å². The molecule has 1 fully saturated rings. The van der Waals surface area contributed by atoms with E-state index in [-0.39, 0.29) is 5.60 Å². The molecule has 0 aromatic heterocycles. The summed E-state index contributed by atoms with van der Waals surface area (Å²) in [5.41, 5.74) is 0.00257. The molecule has 0 aromatic rings. The summed E-state index contributed by atoms with van der Waals surface area (Å²) in [4.78, 5) is 0. The normalized spacial score (nSPS) is 19.5. The Bertz CT molecular complexity index is 108. The molecule has 1 saturated carbocycles. The molecule has 0 unspecified atom stereocenters. The van der Waals surface area contributed by atoms with Gasteiger partial charge in [0, 0.05) is 19.7 Å². The number of rotatable bonds is 4. The summed E-state index contributed by atoms with van der Waals surface area (Å²) in [5.74, 6) is 0. The number of nitrogens with one attached hydrogen (secondary N) is 1. The first kappa shape index (κ1) is 8.02. The number of methoxy groups -OCH3 is 1. The Morgan fingerprint density at radius 3 is 2.50 bits per heavy atom. The van der Waals surface area contributed by atoms with Crippen molar-refractivity contribution in [3.05, 3.63) is 0 Å². The monoisotopic (exact) mass is 143 g/mol. The minimum Gasteiger partial charge on any atom is -0.377 e. The summed E-state index contributed by atoms with van der Waals surface area (Å²) in [6.07, 6.45) is 2.69. The topological polar surface area (TPSA) is 21.3 Å². The van der Waals surface area contributed by atoms with Gasteiger partial charge in [-0.25, -0.2) is 0 Å². The number of hydrogen-bond donors (Lipinski definition) is 1. The fourth-order valence-corrected chi connectivity index (χ4v) is 0.750. The van der Waals surface area contributed by atoms with E-state index in [1.54, 1.807) is 7.11 Å². The van der Waals surface area contributed by atoms with Crippen LogP contribution >= 0.6 is 0 Å². The third-order valence-electron chi connectivity index (χ3n) is 1.95. The smallest absolute Gasteiger partial charge is 0.0746 e. The summed E-state index contributed by atoms with van der Waals surface area (Å²) in [5, 5.41) is 3.42. The van der Waals surface area contributed by atoms with Crippen molar-refractivity contribution in [1.82, 2.24) is 5.32 Å². The summed E-state index contributed by atoms with van der Waals surface area (Å²) >= 11 is 0. The van der Waals surface area contributed by atoms with Crippen LogP contribution in [0.3, 0.4) is 0 Å². The van der Waals surface area contributed by atoms with Gasteiger partial charge in [-0.2, -0.15) is 0 Å². The lowest BCUT2D eigenvalue weighted by Gasteiger charge is -2.22. The molecule has 60 valence electrons. The fraction of sp³-hybridized carbons (Fsp3) is 1.00. The predicted octanol–water partition coefficient (Wildman–Crippen LogP) is 1.16. The third kappa shape index (κ3) is 2.67. The van der Waals surface area contributed by atoms with E-state index in [0.717, 1.165) is 12.6 Å². The number of ether oxygens (including phenoxy) is 1. The summed E-state index contributed by atoms with van der Waals surface area (Å²) in [7, 11) is 1.76. The van der Waals surface area contributed by atoms with Crippen molar-refractivity contribution in [1.29, 1.82) is 0 Å². The molecule has 0 spiro atoms. The van der Waals surface area contributed by atoms with Gasteiger partial charge in [-0.3, -0.25) is 0 Å². The van der Waals surface area contributed by atoms with Gasteiger partial charge in [-0.1, -0.05) is 0 Å². The van der Waals surface area contributed by atoms with Gasteiger partial charge in [0.2, 0.25) is 0 Å². The van der Waals surface area contributed by atoms with E-state index in [2.05, 4.69) is 19.2 Å². The van der Waals surface area contributed by atoms with Gasteiger partial charge < -0.3 is 10.1 Å². The Morgan fingerprint density at radius 1 is 1.50 bits per heavy atom. The standard InChI is InChI=1S/C8H17NO/c1-8(2,10-3)6-9-7-4-5-7/h7,9H,4-6H2,1-3H3. The third-order valence-corrected chi connectivity index (χ3v) is 1.95. The molecular formula is C8H17NO. The molecule has 2 nitrogen and oxygen atoms in total. The van der Waals surface area contributed by atoms with E-state index >= 15 is 0 Å². The zero-order valence-electron chi connectivity index (χ0n) is 7.11. The maximum absolute atomic E-state index is 5.25. The van der Waals surface area contributed by atoms with Crippen LogP contribution in [-0.2, 0) is 4.74 Å². The second kappa shape index (κ2) is 2.89. The molecule has 0 atom stereocenters. The lowest BCUT2D eigenvalue weighted by molar-refractivity contribution is 0.0230. The van der Waals surface area contributed by atoms with E-state index in [0.29, 0.717) is 0 Å². The van der Waals surface area contributed by atoms with Gasteiger partial charge in [0.25, 0.3) is 0 Å². The van der Waals surface area contributed by atoms with Gasteiger partial charge in [0.15, 0.2) is 0 Å².